The minimum atomic E-state index is -0.452. The van der Waals surface area contributed by atoms with E-state index >= 15 is 0 Å². The standard InChI is InChI=1S/C18H14ClN3O4/c19-16-9-12(22(25)26)8-15-13-5-2-6-14(13)17(20-18(15)16)10-3-1-4-11(7-10)21(23)24/h1-5,7-9,13-14,17,20H,6H2/t13-,14-,17-/m0/s1. The molecule has 4 rings (SSSR count). The average Bonchev–Trinajstić information content (AvgIpc) is 3.11. The Morgan fingerprint density at radius 1 is 1.08 bits per heavy atom. The fourth-order valence-electron chi connectivity index (χ4n) is 3.91. The highest BCUT2D eigenvalue weighted by Crippen LogP contribution is 2.52. The summed E-state index contributed by atoms with van der Waals surface area (Å²) in [6.07, 6.45) is 4.86. The molecular weight excluding hydrogens is 358 g/mol. The SMILES string of the molecule is O=[N+]([O-])c1cccc([C@@H]2Nc3c(Cl)cc([N+](=O)[O-])cc3[C@H]3C=CC[C@@H]32)c1. The van der Waals surface area contributed by atoms with E-state index in [1.165, 1.54) is 12.1 Å². The van der Waals surface area contributed by atoms with Crippen LogP contribution in [0.4, 0.5) is 17.1 Å². The van der Waals surface area contributed by atoms with Gasteiger partial charge in [-0.3, -0.25) is 20.2 Å². The van der Waals surface area contributed by atoms with Gasteiger partial charge in [0.25, 0.3) is 11.4 Å². The van der Waals surface area contributed by atoms with Gasteiger partial charge in [-0.2, -0.15) is 0 Å². The third kappa shape index (κ3) is 2.61. The zero-order chi connectivity index (χ0) is 18.4. The number of fused-ring (bicyclic) bond motifs is 3. The molecule has 0 saturated heterocycles. The summed E-state index contributed by atoms with van der Waals surface area (Å²) in [5, 5.41) is 25.9. The Morgan fingerprint density at radius 2 is 1.85 bits per heavy atom. The van der Waals surface area contributed by atoms with E-state index < -0.39 is 9.85 Å². The highest BCUT2D eigenvalue weighted by molar-refractivity contribution is 6.33. The van der Waals surface area contributed by atoms with Crippen molar-refractivity contribution in [2.75, 3.05) is 5.32 Å². The molecule has 26 heavy (non-hydrogen) atoms. The number of hydrogen-bond acceptors (Lipinski definition) is 5. The van der Waals surface area contributed by atoms with E-state index in [4.69, 9.17) is 11.6 Å². The topological polar surface area (TPSA) is 98.3 Å². The minimum Gasteiger partial charge on any atom is -0.376 e. The number of rotatable bonds is 3. The molecule has 0 spiro atoms. The monoisotopic (exact) mass is 371 g/mol. The lowest BCUT2D eigenvalue weighted by Gasteiger charge is -2.37. The van der Waals surface area contributed by atoms with E-state index in [1.54, 1.807) is 18.2 Å². The summed E-state index contributed by atoms with van der Waals surface area (Å²) in [6, 6.07) is 9.27. The minimum absolute atomic E-state index is 0.0205. The normalized spacial score (nSPS) is 23.0. The molecule has 1 aliphatic heterocycles. The number of hydrogen-bond donors (Lipinski definition) is 1. The van der Waals surface area contributed by atoms with Gasteiger partial charge in [-0.05, 0) is 23.5 Å². The van der Waals surface area contributed by atoms with Gasteiger partial charge >= 0.3 is 0 Å². The first-order valence-corrected chi connectivity index (χ1v) is 8.49. The Labute approximate surface area is 153 Å². The average molecular weight is 372 g/mol. The molecule has 0 saturated carbocycles. The Hall–Kier alpha value is -2.93. The van der Waals surface area contributed by atoms with Crippen LogP contribution < -0.4 is 5.32 Å². The number of allylic oxidation sites excluding steroid dienone is 2. The molecule has 7 nitrogen and oxygen atoms in total. The van der Waals surface area contributed by atoms with E-state index in [1.807, 2.05) is 18.2 Å². The Bertz CT molecular complexity index is 959. The van der Waals surface area contributed by atoms with Crippen molar-refractivity contribution in [1.82, 2.24) is 0 Å². The third-order valence-electron chi connectivity index (χ3n) is 5.06. The molecule has 0 bridgehead atoms. The summed E-state index contributed by atoms with van der Waals surface area (Å²) in [5.41, 5.74) is 2.25. The summed E-state index contributed by atoms with van der Waals surface area (Å²) in [7, 11) is 0. The quantitative estimate of drug-likeness (QED) is 0.466. The number of nitro groups is 2. The molecule has 0 unspecified atom stereocenters. The van der Waals surface area contributed by atoms with Gasteiger partial charge in [0.2, 0.25) is 0 Å². The maximum absolute atomic E-state index is 11.2. The predicted octanol–water partition coefficient (Wildman–Crippen LogP) is 4.98. The molecule has 1 heterocycles. The van der Waals surface area contributed by atoms with Crippen molar-refractivity contribution in [2.45, 2.75) is 18.4 Å². The fourth-order valence-corrected chi connectivity index (χ4v) is 4.18. The van der Waals surface area contributed by atoms with Gasteiger partial charge in [-0.25, -0.2) is 0 Å². The van der Waals surface area contributed by atoms with Gasteiger partial charge in [0, 0.05) is 30.2 Å². The maximum Gasteiger partial charge on any atom is 0.271 e. The van der Waals surface area contributed by atoms with Crippen molar-refractivity contribution in [3.05, 3.63) is 84.9 Å². The van der Waals surface area contributed by atoms with E-state index in [0.29, 0.717) is 5.69 Å². The van der Waals surface area contributed by atoms with Crippen LogP contribution in [-0.4, -0.2) is 9.85 Å². The highest BCUT2D eigenvalue weighted by Gasteiger charge is 2.40. The Morgan fingerprint density at radius 3 is 2.58 bits per heavy atom. The van der Waals surface area contributed by atoms with Crippen molar-refractivity contribution < 1.29 is 9.85 Å². The summed E-state index contributed by atoms with van der Waals surface area (Å²) in [4.78, 5) is 21.4. The Kier molecular flexibility index (Phi) is 3.88. The first-order valence-electron chi connectivity index (χ1n) is 8.11. The van der Waals surface area contributed by atoms with Crippen LogP contribution >= 0.6 is 11.6 Å². The van der Waals surface area contributed by atoms with E-state index in [-0.39, 0.29) is 34.3 Å². The van der Waals surface area contributed by atoms with Crippen LogP contribution in [0.2, 0.25) is 5.02 Å². The van der Waals surface area contributed by atoms with E-state index in [2.05, 4.69) is 5.32 Å². The number of nitro benzene ring substituents is 2. The first-order chi connectivity index (χ1) is 12.5. The van der Waals surface area contributed by atoms with Crippen LogP contribution in [-0.2, 0) is 0 Å². The summed E-state index contributed by atoms with van der Waals surface area (Å²) < 4.78 is 0. The van der Waals surface area contributed by atoms with Gasteiger partial charge in [0.05, 0.1) is 26.6 Å². The number of nitrogens with zero attached hydrogens (tertiary/aromatic N) is 2. The molecule has 132 valence electrons. The maximum atomic E-state index is 11.2. The second kappa shape index (κ2) is 6.10. The van der Waals surface area contributed by atoms with Crippen molar-refractivity contribution in [3.63, 3.8) is 0 Å². The number of nitrogens with one attached hydrogen (secondary N) is 1. The largest absolute Gasteiger partial charge is 0.376 e. The smallest absolute Gasteiger partial charge is 0.271 e. The van der Waals surface area contributed by atoms with Crippen molar-refractivity contribution in [1.29, 1.82) is 0 Å². The van der Waals surface area contributed by atoms with Crippen molar-refractivity contribution in [2.24, 2.45) is 5.92 Å². The number of benzene rings is 2. The molecule has 0 aromatic heterocycles. The van der Waals surface area contributed by atoms with Crippen molar-refractivity contribution in [3.8, 4) is 0 Å². The number of halogens is 1. The lowest BCUT2D eigenvalue weighted by Crippen LogP contribution is -2.29. The predicted molar refractivity (Wildman–Crippen MR) is 97.6 cm³/mol. The van der Waals surface area contributed by atoms with Crippen molar-refractivity contribution >= 4 is 28.7 Å². The molecule has 2 aromatic rings. The lowest BCUT2D eigenvalue weighted by molar-refractivity contribution is -0.385. The molecule has 0 radical (unpaired) electrons. The molecule has 2 aliphatic rings. The molecule has 2 aromatic carbocycles. The second-order valence-corrected chi connectivity index (χ2v) is 6.88. The van der Waals surface area contributed by atoms with E-state index in [0.717, 1.165) is 17.5 Å². The zero-order valence-electron chi connectivity index (χ0n) is 13.5. The van der Waals surface area contributed by atoms with Gasteiger partial charge in [-0.15, -0.1) is 0 Å². The van der Waals surface area contributed by atoms with Gasteiger partial charge in [0.1, 0.15) is 0 Å². The molecule has 0 fully saturated rings. The molecule has 3 atom stereocenters. The fraction of sp³-hybridized carbons (Fsp3) is 0.222. The molecular formula is C18H14ClN3O4. The van der Waals surface area contributed by atoms with Gasteiger partial charge in [-0.1, -0.05) is 35.9 Å². The lowest BCUT2D eigenvalue weighted by atomic mass is 9.77. The van der Waals surface area contributed by atoms with Crippen LogP contribution in [0.15, 0.2) is 48.6 Å². The first kappa shape index (κ1) is 16.5. The van der Waals surface area contributed by atoms with Crippen LogP contribution in [0.3, 0.4) is 0 Å². The van der Waals surface area contributed by atoms with Crippen LogP contribution in [0.5, 0.6) is 0 Å². The molecule has 1 aliphatic carbocycles. The summed E-state index contributed by atoms with van der Waals surface area (Å²) >= 11 is 6.32. The van der Waals surface area contributed by atoms with Gasteiger partial charge < -0.3 is 5.32 Å². The van der Waals surface area contributed by atoms with Crippen LogP contribution in [0.1, 0.15) is 29.5 Å². The summed E-state index contributed by atoms with van der Waals surface area (Å²) in [5.74, 6) is 0.0930. The molecule has 1 N–H and O–H groups in total. The zero-order valence-corrected chi connectivity index (χ0v) is 14.2. The molecule has 0 amide bonds. The molecule has 8 heteroatoms. The summed E-state index contributed by atoms with van der Waals surface area (Å²) in [6.45, 7) is 0. The van der Waals surface area contributed by atoms with Crippen LogP contribution in [0.25, 0.3) is 0 Å². The van der Waals surface area contributed by atoms with Gasteiger partial charge in [0.15, 0.2) is 0 Å². The van der Waals surface area contributed by atoms with Crippen LogP contribution in [0, 0.1) is 26.1 Å². The number of non-ortho nitro benzene ring substituents is 2. The second-order valence-electron chi connectivity index (χ2n) is 6.48. The van der Waals surface area contributed by atoms with E-state index in [9.17, 15) is 20.2 Å². The number of anilines is 1. The Balaban J connectivity index is 1.81. The third-order valence-corrected chi connectivity index (χ3v) is 5.35. The highest BCUT2D eigenvalue weighted by atomic mass is 35.5.